The predicted octanol–water partition coefficient (Wildman–Crippen LogP) is 4.26. The maximum absolute atomic E-state index is 12.2. The number of aromatic nitrogens is 1. The SMILES string of the molecule is N#C/C(=C/c1cc(Br)cs1)C(=O)NCCc1c[nH]c2ccccc12. The fourth-order valence-corrected chi connectivity index (χ4v) is 3.82. The van der Waals surface area contributed by atoms with Gasteiger partial charge in [-0.3, -0.25) is 4.79 Å². The Balaban J connectivity index is 1.62. The van der Waals surface area contributed by atoms with Gasteiger partial charge >= 0.3 is 0 Å². The number of thiophene rings is 1. The molecule has 3 aromatic rings. The number of nitrogens with zero attached hydrogens (tertiary/aromatic N) is 1. The molecule has 1 amide bonds. The smallest absolute Gasteiger partial charge is 0.261 e. The van der Waals surface area contributed by atoms with E-state index >= 15 is 0 Å². The number of nitrogens with one attached hydrogen (secondary N) is 2. The molecule has 0 aliphatic heterocycles. The lowest BCUT2D eigenvalue weighted by molar-refractivity contribution is -0.117. The monoisotopic (exact) mass is 399 g/mol. The number of carbonyl (C=O) groups is 1. The Bertz CT molecular complexity index is 948. The van der Waals surface area contributed by atoms with Crippen LogP contribution in [0.25, 0.3) is 17.0 Å². The molecule has 0 unspecified atom stereocenters. The zero-order valence-electron chi connectivity index (χ0n) is 12.7. The lowest BCUT2D eigenvalue weighted by Crippen LogP contribution is -2.26. The Labute approximate surface area is 151 Å². The summed E-state index contributed by atoms with van der Waals surface area (Å²) < 4.78 is 0.941. The summed E-state index contributed by atoms with van der Waals surface area (Å²) in [5.41, 5.74) is 2.35. The van der Waals surface area contributed by atoms with Crippen molar-refractivity contribution < 1.29 is 4.79 Å². The molecule has 0 saturated carbocycles. The van der Waals surface area contributed by atoms with E-state index in [0.717, 1.165) is 25.8 Å². The number of halogens is 1. The fourth-order valence-electron chi connectivity index (χ4n) is 2.44. The van der Waals surface area contributed by atoms with Crippen molar-refractivity contribution in [2.24, 2.45) is 0 Å². The van der Waals surface area contributed by atoms with Crippen LogP contribution < -0.4 is 5.32 Å². The summed E-state index contributed by atoms with van der Waals surface area (Å²) in [6, 6.07) is 11.9. The van der Waals surface area contributed by atoms with Crippen LogP contribution in [-0.2, 0) is 11.2 Å². The summed E-state index contributed by atoms with van der Waals surface area (Å²) in [6.07, 6.45) is 4.27. The zero-order chi connectivity index (χ0) is 16.9. The minimum atomic E-state index is -0.345. The molecule has 2 heterocycles. The molecule has 2 N–H and O–H groups in total. The average molecular weight is 400 g/mol. The quantitative estimate of drug-likeness (QED) is 0.497. The lowest BCUT2D eigenvalue weighted by Gasteiger charge is -2.03. The van der Waals surface area contributed by atoms with Gasteiger partial charge in [0.15, 0.2) is 0 Å². The molecule has 0 saturated heterocycles. The summed E-state index contributed by atoms with van der Waals surface area (Å²) in [4.78, 5) is 16.2. The van der Waals surface area contributed by atoms with E-state index < -0.39 is 0 Å². The van der Waals surface area contributed by atoms with Gasteiger partial charge in [0, 0.05) is 38.4 Å². The number of H-pyrrole nitrogens is 1. The molecule has 0 bridgehead atoms. The minimum Gasteiger partial charge on any atom is -0.361 e. The number of aromatic amines is 1. The molecule has 4 nitrogen and oxygen atoms in total. The van der Waals surface area contributed by atoms with Crippen molar-refractivity contribution in [3.63, 3.8) is 0 Å². The van der Waals surface area contributed by atoms with Gasteiger partial charge in [-0.25, -0.2) is 0 Å². The van der Waals surface area contributed by atoms with E-state index in [2.05, 4.69) is 32.3 Å². The fraction of sp³-hybridized carbons (Fsp3) is 0.111. The van der Waals surface area contributed by atoms with Gasteiger partial charge < -0.3 is 10.3 Å². The highest BCUT2D eigenvalue weighted by atomic mass is 79.9. The normalized spacial score (nSPS) is 11.4. The third-order valence-corrected chi connectivity index (χ3v) is 5.23. The number of para-hydroxylation sites is 1. The van der Waals surface area contributed by atoms with Gasteiger partial charge in [0.2, 0.25) is 0 Å². The standard InChI is InChI=1S/C18H14BrN3OS/c19-14-8-15(24-11-14)7-13(9-20)18(23)21-6-5-12-10-22-17-4-2-1-3-16(12)17/h1-4,7-8,10-11,22H,5-6H2,(H,21,23)/b13-7-. The molecule has 0 radical (unpaired) electrons. The van der Waals surface area contributed by atoms with Crippen LogP contribution in [0, 0.1) is 11.3 Å². The molecular formula is C18H14BrN3OS. The Kier molecular flexibility index (Phi) is 5.14. The second kappa shape index (κ2) is 7.47. The maximum Gasteiger partial charge on any atom is 0.261 e. The number of carbonyl (C=O) groups excluding carboxylic acids is 1. The van der Waals surface area contributed by atoms with Gasteiger partial charge in [-0.15, -0.1) is 11.3 Å². The molecule has 120 valence electrons. The molecule has 0 fully saturated rings. The Morgan fingerprint density at radius 1 is 1.42 bits per heavy atom. The van der Waals surface area contributed by atoms with Gasteiger partial charge in [-0.05, 0) is 46.1 Å². The largest absolute Gasteiger partial charge is 0.361 e. The van der Waals surface area contributed by atoms with Gasteiger partial charge in [-0.2, -0.15) is 5.26 Å². The van der Waals surface area contributed by atoms with E-state index in [4.69, 9.17) is 0 Å². The lowest BCUT2D eigenvalue weighted by atomic mass is 10.1. The Hall–Kier alpha value is -2.36. The first kappa shape index (κ1) is 16.5. The second-order valence-electron chi connectivity index (χ2n) is 5.20. The molecule has 0 aliphatic rings. The topological polar surface area (TPSA) is 68.7 Å². The molecule has 2 aromatic heterocycles. The van der Waals surface area contributed by atoms with Gasteiger partial charge in [0.1, 0.15) is 11.6 Å². The summed E-state index contributed by atoms with van der Waals surface area (Å²) in [6.45, 7) is 0.480. The van der Waals surface area contributed by atoms with Crippen molar-refractivity contribution in [2.45, 2.75) is 6.42 Å². The number of hydrogen-bond acceptors (Lipinski definition) is 3. The number of hydrogen-bond donors (Lipinski definition) is 2. The molecule has 0 atom stereocenters. The maximum atomic E-state index is 12.2. The van der Waals surface area contributed by atoms with Crippen LogP contribution >= 0.6 is 27.3 Å². The number of benzene rings is 1. The van der Waals surface area contributed by atoms with Crippen molar-refractivity contribution in [2.75, 3.05) is 6.54 Å². The van der Waals surface area contributed by atoms with E-state index in [-0.39, 0.29) is 11.5 Å². The molecule has 24 heavy (non-hydrogen) atoms. The van der Waals surface area contributed by atoms with E-state index in [0.29, 0.717) is 13.0 Å². The highest BCUT2D eigenvalue weighted by Crippen LogP contribution is 2.22. The number of fused-ring (bicyclic) bond motifs is 1. The second-order valence-corrected chi connectivity index (χ2v) is 7.06. The number of nitriles is 1. The third kappa shape index (κ3) is 3.75. The summed E-state index contributed by atoms with van der Waals surface area (Å²) in [5.74, 6) is -0.345. The van der Waals surface area contributed by atoms with Gasteiger partial charge in [-0.1, -0.05) is 18.2 Å². The summed E-state index contributed by atoms with van der Waals surface area (Å²) >= 11 is 4.83. The first-order chi connectivity index (χ1) is 11.7. The van der Waals surface area contributed by atoms with E-state index in [9.17, 15) is 10.1 Å². The van der Waals surface area contributed by atoms with E-state index in [1.807, 2.05) is 41.9 Å². The predicted molar refractivity (Wildman–Crippen MR) is 101 cm³/mol. The van der Waals surface area contributed by atoms with Crippen LogP contribution in [0.5, 0.6) is 0 Å². The summed E-state index contributed by atoms with van der Waals surface area (Å²) in [7, 11) is 0. The van der Waals surface area contributed by atoms with Crippen molar-refractivity contribution in [1.82, 2.24) is 10.3 Å². The first-order valence-corrected chi connectivity index (χ1v) is 9.03. The van der Waals surface area contributed by atoms with Crippen LogP contribution in [0.2, 0.25) is 0 Å². The van der Waals surface area contributed by atoms with E-state index in [1.165, 1.54) is 11.3 Å². The number of amides is 1. The van der Waals surface area contributed by atoms with Crippen molar-refractivity contribution in [3.05, 3.63) is 62.4 Å². The Morgan fingerprint density at radius 2 is 2.25 bits per heavy atom. The van der Waals surface area contributed by atoms with Gasteiger partial charge in [0.25, 0.3) is 5.91 Å². The molecule has 0 aliphatic carbocycles. The Morgan fingerprint density at radius 3 is 3.00 bits per heavy atom. The van der Waals surface area contributed by atoms with Crippen LogP contribution in [0.3, 0.4) is 0 Å². The van der Waals surface area contributed by atoms with Crippen LogP contribution in [0.1, 0.15) is 10.4 Å². The van der Waals surface area contributed by atoms with Crippen molar-refractivity contribution >= 4 is 50.2 Å². The molecular weight excluding hydrogens is 386 g/mol. The molecule has 1 aromatic carbocycles. The molecule has 0 spiro atoms. The molecule has 3 rings (SSSR count). The average Bonchev–Trinajstić information content (AvgIpc) is 3.19. The third-order valence-electron chi connectivity index (χ3n) is 3.59. The van der Waals surface area contributed by atoms with Crippen LogP contribution in [0.4, 0.5) is 0 Å². The number of rotatable bonds is 5. The van der Waals surface area contributed by atoms with Crippen molar-refractivity contribution in [3.8, 4) is 6.07 Å². The zero-order valence-corrected chi connectivity index (χ0v) is 15.1. The first-order valence-electron chi connectivity index (χ1n) is 7.36. The van der Waals surface area contributed by atoms with Gasteiger partial charge in [0.05, 0.1) is 0 Å². The highest BCUT2D eigenvalue weighted by molar-refractivity contribution is 9.10. The van der Waals surface area contributed by atoms with Crippen molar-refractivity contribution in [1.29, 1.82) is 5.26 Å². The van der Waals surface area contributed by atoms with Crippen LogP contribution in [-0.4, -0.2) is 17.4 Å². The minimum absolute atomic E-state index is 0.114. The van der Waals surface area contributed by atoms with Crippen LogP contribution in [0.15, 0.2) is 52.0 Å². The van der Waals surface area contributed by atoms with E-state index in [1.54, 1.807) is 6.08 Å². The molecule has 6 heteroatoms. The summed E-state index contributed by atoms with van der Waals surface area (Å²) in [5, 5.41) is 15.1. The highest BCUT2D eigenvalue weighted by Gasteiger charge is 2.10.